The monoisotopic (exact) mass is 478 g/mol. The summed E-state index contributed by atoms with van der Waals surface area (Å²) in [4.78, 5) is 8.89. The summed E-state index contributed by atoms with van der Waals surface area (Å²) >= 11 is 0. The molecule has 1 aliphatic rings. The molecule has 1 unspecified atom stereocenters. The van der Waals surface area contributed by atoms with Crippen LogP contribution in [0.5, 0.6) is 0 Å². The van der Waals surface area contributed by atoms with Crippen molar-refractivity contribution in [2.24, 2.45) is 16.6 Å². The maximum Gasteiger partial charge on any atom is 0.191 e. The normalized spacial score (nSPS) is 16.6. The molecule has 148 valence electrons. The lowest BCUT2D eigenvalue weighted by Crippen LogP contribution is -2.51. The average molecular weight is 478 g/mol. The Morgan fingerprint density at radius 2 is 1.81 bits per heavy atom. The lowest BCUT2D eigenvalue weighted by Gasteiger charge is -2.36. The predicted octanol–water partition coefficient (Wildman–Crippen LogP) is 3.33. The number of ether oxygens (including phenoxy) is 1. The van der Waals surface area contributed by atoms with Crippen molar-refractivity contribution in [1.29, 1.82) is 0 Å². The SMILES string of the molecule is CCOC(CCN=C(N)N1CCN(c2ccc(F)cc2)CC1)C(C)C.I. The number of aliphatic imine (C=N–C) groups is 1. The number of anilines is 1. The molecule has 0 radical (unpaired) electrons. The highest BCUT2D eigenvalue weighted by Crippen LogP contribution is 2.17. The van der Waals surface area contributed by atoms with Gasteiger partial charge in [-0.2, -0.15) is 0 Å². The standard InChI is InChI=1S/C19H31FN4O.HI/c1-4-25-18(15(2)3)9-10-22-19(21)24-13-11-23(12-14-24)17-7-5-16(20)6-8-17;/h5-8,15,18H,4,9-14H2,1-3H3,(H2,21,22);1H. The van der Waals surface area contributed by atoms with Gasteiger partial charge in [0, 0.05) is 45.0 Å². The average Bonchev–Trinajstić information content (AvgIpc) is 2.61. The van der Waals surface area contributed by atoms with Crippen LogP contribution in [0.15, 0.2) is 29.3 Å². The first-order valence-corrected chi connectivity index (χ1v) is 9.18. The second-order valence-electron chi connectivity index (χ2n) is 6.72. The molecule has 5 nitrogen and oxygen atoms in total. The Labute approximate surface area is 173 Å². The summed E-state index contributed by atoms with van der Waals surface area (Å²) in [5, 5.41) is 0. The van der Waals surface area contributed by atoms with Gasteiger partial charge in [0.1, 0.15) is 5.82 Å². The van der Waals surface area contributed by atoms with Gasteiger partial charge in [-0.05, 0) is 43.5 Å². The van der Waals surface area contributed by atoms with Gasteiger partial charge in [0.25, 0.3) is 0 Å². The van der Waals surface area contributed by atoms with Gasteiger partial charge >= 0.3 is 0 Å². The molecule has 0 aliphatic carbocycles. The van der Waals surface area contributed by atoms with Gasteiger partial charge in [0.2, 0.25) is 0 Å². The Kier molecular flexibility index (Phi) is 10.2. The number of guanidine groups is 1. The first-order chi connectivity index (χ1) is 12.0. The van der Waals surface area contributed by atoms with Gasteiger partial charge in [-0.1, -0.05) is 13.8 Å². The molecule has 1 heterocycles. The Morgan fingerprint density at radius 3 is 2.35 bits per heavy atom. The van der Waals surface area contributed by atoms with E-state index in [-0.39, 0.29) is 35.9 Å². The second-order valence-corrected chi connectivity index (χ2v) is 6.72. The van der Waals surface area contributed by atoms with Gasteiger partial charge in [-0.3, -0.25) is 4.99 Å². The van der Waals surface area contributed by atoms with Crippen molar-refractivity contribution in [2.45, 2.75) is 33.3 Å². The van der Waals surface area contributed by atoms with Crippen LogP contribution in [-0.2, 0) is 4.74 Å². The molecule has 1 aromatic carbocycles. The van der Waals surface area contributed by atoms with Crippen molar-refractivity contribution in [3.05, 3.63) is 30.1 Å². The lowest BCUT2D eigenvalue weighted by molar-refractivity contribution is 0.0266. The minimum absolute atomic E-state index is 0. The number of hydrogen-bond donors (Lipinski definition) is 1. The van der Waals surface area contributed by atoms with E-state index in [0.717, 1.165) is 44.9 Å². The van der Waals surface area contributed by atoms with Crippen molar-refractivity contribution < 1.29 is 9.13 Å². The predicted molar refractivity (Wildman–Crippen MR) is 117 cm³/mol. The molecule has 1 atom stereocenters. The minimum Gasteiger partial charge on any atom is -0.378 e. The maximum atomic E-state index is 13.0. The van der Waals surface area contributed by atoms with Gasteiger partial charge in [-0.25, -0.2) is 4.39 Å². The molecule has 1 saturated heterocycles. The number of rotatable bonds is 7. The fraction of sp³-hybridized carbons (Fsp3) is 0.632. The van der Waals surface area contributed by atoms with Crippen LogP contribution < -0.4 is 10.6 Å². The molecular formula is C19H32FIN4O. The van der Waals surface area contributed by atoms with E-state index in [2.05, 4.69) is 28.6 Å². The van der Waals surface area contributed by atoms with Crippen LogP contribution in [0.1, 0.15) is 27.2 Å². The van der Waals surface area contributed by atoms with Gasteiger partial charge in [-0.15, -0.1) is 24.0 Å². The zero-order valence-electron chi connectivity index (χ0n) is 16.0. The van der Waals surface area contributed by atoms with E-state index in [1.54, 1.807) is 0 Å². The van der Waals surface area contributed by atoms with E-state index in [0.29, 0.717) is 18.4 Å². The highest BCUT2D eigenvalue weighted by molar-refractivity contribution is 14.0. The molecule has 7 heteroatoms. The zero-order valence-corrected chi connectivity index (χ0v) is 18.4. The molecule has 1 aromatic rings. The van der Waals surface area contributed by atoms with Crippen molar-refractivity contribution in [3.63, 3.8) is 0 Å². The summed E-state index contributed by atoms with van der Waals surface area (Å²) in [5.74, 6) is 0.888. The molecule has 0 spiro atoms. The largest absolute Gasteiger partial charge is 0.378 e. The van der Waals surface area contributed by atoms with E-state index >= 15 is 0 Å². The van der Waals surface area contributed by atoms with E-state index in [1.165, 1.54) is 12.1 Å². The summed E-state index contributed by atoms with van der Waals surface area (Å²) in [5.41, 5.74) is 7.20. The molecule has 26 heavy (non-hydrogen) atoms. The summed E-state index contributed by atoms with van der Waals surface area (Å²) in [6, 6.07) is 6.65. The second kappa shape index (κ2) is 11.6. The van der Waals surface area contributed by atoms with Crippen LogP contribution in [-0.4, -0.2) is 56.3 Å². The van der Waals surface area contributed by atoms with E-state index in [1.807, 2.05) is 19.1 Å². The molecule has 0 saturated carbocycles. The molecule has 0 bridgehead atoms. The van der Waals surface area contributed by atoms with E-state index < -0.39 is 0 Å². The third-order valence-corrected chi connectivity index (χ3v) is 4.61. The van der Waals surface area contributed by atoms with Gasteiger partial charge in [0.15, 0.2) is 5.96 Å². The molecule has 1 aliphatic heterocycles. The van der Waals surface area contributed by atoms with Crippen molar-refractivity contribution in [2.75, 3.05) is 44.2 Å². The van der Waals surface area contributed by atoms with Crippen LogP contribution in [0.3, 0.4) is 0 Å². The van der Waals surface area contributed by atoms with E-state index in [9.17, 15) is 4.39 Å². The Balaban J connectivity index is 0.00000338. The molecule has 1 fully saturated rings. The summed E-state index contributed by atoms with van der Waals surface area (Å²) in [6.45, 7) is 11.1. The van der Waals surface area contributed by atoms with Crippen molar-refractivity contribution in [3.8, 4) is 0 Å². The fourth-order valence-corrected chi connectivity index (χ4v) is 3.08. The molecular weight excluding hydrogens is 446 g/mol. The third kappa shape index (κ3) is 6.90. The number of benzene rings is 1. The van der Waals surface area contributed by atoms with Crippen LogP contribution in [0.25, 0.3) is 0 Å². The van der Waals surface area contributed by atoms with Crippen molar-refractivity contribution >= 4 is 35.6 Å². The molecule has 0 amide bonds. The topological polar surface area (TPSA) is 54.1 Å². The van der Waals surface area contributed by atoms with Gasteiger partial charge in [0.05, 0.1) is 6.10 Å². The van der Waals surface area contributed by atoms with Crippen LogP contribution in [0.2, 0.25) is 0 Å². The number of nitrogens with two attached hydrogens (primary N) is 1. The fourth-order valence-electron chi connectivity index (χ4n) is 3.08. The van der Waals surface area contributed by atoms with Crippen LogP contribution >= 0.6 is 24.0 Å². The quantitative estimate of drug-likeness (QED) is 0.371. The summed E-state index contributed by atoms with van der Waals surface area (Å²) in [6.07, 6.45) is 1.12. The first kappa shape index (κ1) is 23.0. The lowest BCUT2D eigenvalue weighted by atomic mass is 10.0. The smallest absolute Gasteiger partial charge is 0.191 e. The third-order valence-electron chi connectivity index (χ3n) is 4.61. The van der Waals surface area contributed by atoms with Gasteiger partial charge < -0.3 is 20.3 Å². The van der Waals surface area contributed by atoms with Crippen molar-refractivity contribution in [1.82, 2.24) is 4.90 Å². The minimum atomic E-state index is -0.203. The highest BCUT2D eigenvalue weighted by Gasteiger charge is 2.19. The first-order valence-electron chi connectivity index (χ1n) is 9.18. The molecule has 0 aromatic heterocycles. The van der Waals surface area contributed by atoms with E-state index in [4.69, 9.17) is 10.5 Å². The number of halogens is 2. The highest BCUT2D eigenvalue weighted by atomic mass is 127. The van der Waals surface area contributed by atoms with Crippen LogP contribution in [0, 0.1) is 11.7 Å². The van der Waals surface area contributed by atoms with Crippen LogP contribution in [0.4, 0.5) is 10.1 Å². The Morgan fingerprint density at radius 1 is 1.19 bits per heavy atom. The number of piperazine rings is 1. The summed E-state index contributed by atoms with van der Waals surface area (Å²) in [7, 11) is 0. The summed E-state index contributed by atoms with van der Waals surface area (Å²) < 4.78 is 18.8. The Hall–Kier alpha value is -1.09. The zero-order chi connectivity index (χ0) is 18.2. The maximum absolute atomic E-state index is 13.0. The number of hydrogen-bond acceptors (Lipinski definition) is 3. The molecule has 2 N–H and O–H groups in total. The number of nitrogens with zero attached hydrogens (tertiary/aromatic N) is 3. The molecule has 2 rings (SSSR count). The Bertz CT molecular complexity index is 545.